The summed E-state index contributed by atoms with van der Waals surface area (Å²) in [5, 5.41) is 0. The van der Waals surface area contributed by atoms with Crippen molar-refractivity contribution in [2.24, 2.45) is 22.5 Å². The molecule has 0 aromatic rings. The number of likely N-dealkylation sites (tertiary alicyclic amines) is 1. The van der Waals surface area contributed by atoms with E-state index in [0.29, 0.717) is 5.41 Å². The van der Waals surface area contributed by atoms with E-state index in [1.165, 1.54) is 83.8 Å². The first-order valence-electron chi connectivity index (χ1n) is 9.08. The fourth-order valence-electron chi connectivity index (χ4n) is 5.45. The van der Waals surface area contributed by atoms with E-state index < -0.39 is 0 Å². The molecule has 2 unspecified atom stereocenters. The molecule has 116 valence electrons. The second-order valence-electron chi connectivity index (χ2n) is 8.39. The largest absolute Gasteiger partial charge is 0.330 e. The molecule has 2 heteroatoms. The molecule has 3 rings (SSSR count). The second kappa shape index (κ2) is 5.96. The lowest BCUT2D eigenvalue weighted by atomic mass is 9.69. The van der Waals surface area contributed by atoms with E-state index in [9.17, 15) is 0 Å². The molecule has 2 aliphatic carbocycles. The molecule has 3 aliphatic rings. The van der Waals surface area contributed by atoms with Gasteiger partial charge in [-0.3, -0.25) is 0 Å². The molecular weight excluding hydrogens is 244 g/mol. The zero-order valence-electron chi connectivity index (χ0n) is 13.5. The van der Waals surface area contributed by atoms with Crippen molar-refractivity contribution in [2.45, 2.75) is 71.1 Å². The Morgan fingerprint density at radius 2 is 1.70 bits per heavy atom. The first-order valence-corrected chi connectivity index (χ1v) is 9.08. The summed E-state index contributed by atoms with van der Waals surface area (Å²) in [5.74, 6) is 0.887. The van der Waals surface area contributed by atoms with Crippen LogP contribution < -0.4 is 5.73 Å². The maximum absolute atomic E-state index is 6.21. The van der Waals surface area contributed by atoms with E-state index in [1.54, 1.807) is 0 Å². The molecule has 1 heterocycles. The van der Waals surface area contributed by atoms with Gasteiger partial charge in [0.25, 0.3) is 0 Å². The van der Waals surface area contributed by atoms with E-state index in [0.717, 1.165) is 17.9 Å². The Morgan fingerprint density at radius 3 is 2.30 bits per heavy atom. The molecule has 0 radical (unpaired) electrons. The lowest BCUT2D eigenvalue weighted by molar-refractivity contribution is 0.0434. The summed E-state index contributed by atoms with van der Waals surface area (Å²) >= 11 is 0. The average molecular weight is 278 g/mol. The monoisotopic (exact) mass is 278 g/mol. The molecule has 20 heavy (non-hydrogen) atoms. The predicted octanol–water partition coefficient (Wildman–Crippen LogP) is 3.80. The van der Waals surface area contributed by atoms with Crippen molar-refractivity contribution in [3.8, 4) is 0 Å². The van der Waals surface area contributed by atoms with Gasteiger partial charge in [-0.25, -0.2) is 0 Å². The summed E-state index contributed by atoms with van der Waals surface area (Å²) in [6.07, 6.45) is 14.5. The van der Waals surface area contributed by atoms with Gasteiger partial charge in [-0.05, 0) is 74.9 Å². The third kappa shape index (κ3) is 3.06. The minimum absolute atomic E-state index is 0.442. The molecule has 0 aromatic carbocycles. The summed E-state index contributed by atoms with van der Waals surface area (Å²) in [6.45, 7) is 7.29. The lowest BCUT2D eigenvalue weighted by Crippen LogP contribution is -2.48. The molecule has 3 fully saturated rings. The Labute approximate surface area is 125 Å². The highest BCUT2D eigenvalue weighted by molar-refractivity contribution is 4.93. The molecule has 2 atom stereocenters. The maximum Gasteiger partial charge on any atom is 0.00502 e. The van der Waals surface area contributed by atoms with E-state index in [-0.39, 0.29) is 0 Å². The average Bonchev–Trinajstić information content (AvgIpc) is 2.90. The van der Waals surface area contributed by atoms with Crippen molar-refractivity contribution >= 4 is 0 Å². The van der Waals surface area contributed by atoms with Gasteiger partial charge in [0.15, 0.2) is 0 Å². The molecule has 1 aliphatic heterocycles. The molecule has 1 saturated heterocycles. The van der Waals surface area contributed by atoms with Crippen LogP contribution in [0.1, 0.15) is 71.1 Å². The van der Waals surface area contributed by atoms with Crippen LogP contribution in [-0.2, 0) is 0 Å². The highest BCUT2D eigenvalue weighted by Crippen LogP contribution is 2.47. The number of piperidine rings is 1. The number of rotatable bonds is 3. The van der Waals surface area contributed by atoms with Gasteiger partial charge in [0.05, 0.1) is 0 Å². The Hall–Kier alpha value is -0.0800. The van der Waals surface area contributed by atoms with Crippen LogP contribution in [0.4, 0.5) is 0 Å². The summed E-state index contributed by atoms with van der Waals surface area (Å²) in [4.78, 5) is 2.76. The van der Waals surface area contributed by atoms with Crippen molar-refractivity contribution in [3.63, 3.8) is 0 Å². The SMILES string of the molecule is CC1CCCC(CN)(CN2CCC3(CCCC3)CC2)C1. The van der Waals surface area contributed by atoms with Gasteiger partial charge in [0, 0.05) is 6.54 Å². The Balaban J connectivity index is 1.55. The van der Waals surface area contributed by atoms with Crippen LogP contribution in [0.3, 0.4) is 0 Å². The second-order valence-corrected chi connectivity index (χ2v) is 8.39. The van der Waals surface area contributed by atoms with Crippen LogP contribution in [-0.4, -0.2) is 31.1 Å². The van der Waals surface area contributed by atoms with Gasteiger partial charge in [-0.2, -0.15) is 0 Å². The fourth-order valence-corrected chi connectivity index (χ4v) is 5.45. The van der Waals surface area contributed by atoms with Crippen LogP contribution in [0.2, 0.25) is 0 Å². The van der Waals surface area contributed by atoms with Crippen LogP contribution in [0.5, 0.6) is 0 Å². The summed E-state index contributed by atoms with van der Waals surface area (Å²) in [5.41, 5.74) is 7.41. The Bertz CT molecular complexity index is 311. The van der Waals surface area contributed by atoms with Crippen molar-refractivity contribution < 1.29 is 0 Å². The quantitative estimate of drug-likeness (QED) is 0.851. The smallest absolute Gasteiger partial charge is 0.00502 e. The minimum atomic E-state index is 0.442. The highest BCUT2D eigenvalue weighted by Gasteiger charge is 2.40. The summed E-state index contributed by atoms with van der Waals surface area (Å²) in [7, 11) is 0. The first-order chi connectivity index (χ1) is 9.65. The Kier molecular flexibility index (Phi) is 4.42. The normalized spacial score (nSPS) is 38.4. The topological polar surface area (TPSA) is 29.3 Å². The molecule has 1 spiro atoms. The van der Waals surface area contributed by atoms with Crippen molar-refractivity contribution in [1.29, 1.82) is 0 Å². The van der Waals surface area contributed by atoms with Crippen molar-refractivity contribution in [3.05, 3.63) is 0 Å². The zero-order chi connectivity index (χ0) is 14.1. The number of hydrogen-bond donors (Lipinski definition) is 1. The van der Waals surface area contributed by atoms with Gasteiger partial charge < -0.3 is 10.6 Å². The van der Waals surface area contributed by atoms with Gasteiger partial charge >= 0.3 is 0 Å². The van der Waals surface area contributed by atoms with Gasteiger partial charge in [0.2, 0.25) is 0 Å². The molecular formula is C18H34N2. The molecule has 2 saturated carbocycles. The van der Waals surface area contributed by atoms with E-state index >= 15 is 0 Å². The van der Waals surface area contributed by atoms with Crippen molar-refractivity contribution in [2.75, 3.05) is 26.2 Å². The van der Waals surface area contributed by atoms with E-state index in [2.05, 4.69) is 11.8 Å². The maximum atomic E-state index is 6.21. The molecule has 2 nitrogen and oxygen atoms in total. The summed E-state index contributed by atoms with van der Waals surface area (Å²) in [6, 6.07) is 0. The van der Waals surface area contributed by atoms with E-state index in [4.69, 9.17) is 5.73 Å². The summed E-state index contributed by atoms with van der Waals surface area (Å²) < 4.78 is 0. The van der Waals surface area contributed by atoms with Gasteiger partial charge in [-0.15, -0.1) is 0 Å². The third-order valence-corrected chi connectivity index (χ3v) is 6.76. The predicted molar refractivity (Wildman–Crippen MR) is 85.7 cm³/mol. The standard InChI is InChI=1S/C18H34N2/c1-16-5-4-8-18(13-16,14-19)15-20-11-9-17(10-12-20)6-2-3-7-17/h16H,2-15,19H2,1H3. The number of nitrogens with zero attached hydrogens (tertiary/aromatic N) is 1. The Morgan fingerprint density at radius 1 is 1.00 bits per heavy atom. The molecule has 0 amide bonds. The third-order valence-electron chi connectivity index (χ3n) is 6.76. The number of nitrogens with two attached hydrogens (primary N) is 1. The molecule has 2 N–H and O–H groups in total. The van der Waals surface area contributed by atoms with Crippen LogP contribution >= 0.6 is 0 Å². The van der Waals surface area contributed by atoms with Gasteiger partial charge in [-0.1, -0.05) is 32.6 Å². The minimum Gasteiger partial charge on any atom is -0.330 e. The first kappa shape index (κ1) is 14.8. The zero-order valence-corrected chi connectivity index (χ0v) is 13.5. The van der Waals surface area contributed by atoms with Gasteiger partial charge in [0.1, 0.15) is 0 Å². The number of hydrogen-bond acceptors (Lipinski definition) is 2. The molecule has 0 aromatic heterocycles. The van der Waals surface area contributed by atoms with Crippen LogP contribution in [0, 0.1) is 16.7 Å². The highest BCUT2D eigenvalue weighted by atomic mass is 15.1. The van der Waals surface area contributed by atoms with Crippen LogP contribution in [0.25, 0.3) is 0 Å². The van der Waals surface area contributed by atoms with E-state index in [1.807, 2.05) is 0 Å². The van der Waals surface area contributed by atoms with Crippen LogP contribution in [0.15, 0.2) is 0 Å². The fraction of sp³-hybridized carbons (Fsp3) is 1.00. The van der Waals surface area contributed by atoms with Crippen molar-refractivity contribution in [1.82, 2.24) is 4.90 Å². The molecule has 0 bridgehead atoms. The lowest BCUT2D eigenvalue weighted by Gasteiger charge is -2.46.